The van der Waals surface area contributed by atoms with Crippen LogP contribution in [0.3, 0.4) is 0 Å². The second-order valence-corrected chi connectivity index (χ2v) is 9.05. The highest BCUT2D eigenvalue weighted by Crippen LogP contribution is 2.24. The van der Waals surface area contributed by atoms with Crippen LogP contribution in [-0.4, -0.2) is 27.7 Å². The molecule has 0 unspecified atom stereocenters. The summed E-state index contributed by atoms with van der Waals surface area (Å²) in [5, 5.41) is 7.34. The van der Waals surface area contributed by atoms with Gasteiger partial charge in [0.2, 0.25) is 0 Å². The highest BCUT2D eigenvalue weighted by Gasteiger charge is 2.13. The maximum Gasteiger partial charge on any atom is 0.191 e. The van der Waals surface area contributed by atoms with Gasteiger partial charge in [-0.1, -0.05) is 24.3 Å². The van der Waals surface area contributed by atoms with Crippen molar-refractivity contribution in [2.75, 3.05) is 13.3 Å². The molecule has 3 aromatic rings. The molecule has 0 aliphatic heterocycles. The summed E-state index contributed by atoms with van der Waals surface area (Å²) >= 11 is 0. The molecule has 0 aliphatic carbocycles. The molecule has 3 rings (SSSR count). The molecule has 2 aromatic carbocycles. The van der Waals surface area contributed by atoms with E-state index < -0.39 is 15.7 Å². The molecule has 0 radical (unpaired) electrons. The third-order valence-corrected chi connectivity index (χ3v) is 5.45. The van der Waals surface area contributed by atoms with Crippen LogP contribution in [0.1, 0.15) is 22.5 Å². The minimum Gasteiger partial charge on any atom is -0.459 e. The van der Waals surface area contributed by atoms with Crippen LogP contribution in [0.5, 0.6) is 0 Å². The van der Waals surface area contributed by atoms with Crippen molar-refractivity contribution in [1.29, 1.82) is 0 Å². The topological polar surface area (TPSA) is 83.7 Å². The highest BCUT2D eigenvalue weighted by molar-refractivity contribution is 7.89. The molecule has 8 heteroatoms. The molecule has 0 spiro atoms. The van der Waals surface area contributed by atoms with Crippen molar-refractivity contribution < 1.29 is 17.2 Å². The third-order valence-electron chi connectivity index (χ3n) is 4.61. The molecular formula is C21H24FN3O3S. The highest BCUT2D eigenvalue weighted by atomic mass is 32.2. The summed E-state index contributed by atoms with van der Waals surface area (Å²) in [5.41, 5.74) is 3.02. The smallest absolute Gasteiger partial charge is 0.191 e. The Morgan fingerprint density at radius 1 is 1.10 bits per heavy atom. The van der Waals surface area contributed by atoms with E-state index in [0.717, 1.165) is 28.5 Å². The fourth-order valence-corrected chi connectivity index (χ4v) is 3.99. The average Bonchev–Trinajstić information content (AvgIpc) is 2.99. The second-order valence-electron chi connectivity index (χ2n) is 6.91. The Kier molecular flexibility index (Phi) is 6.22. The standard InChI is InChI=1S/C21H24FN3O3S/c1-14-18-6-4-5-7-19(18)28-20(14)12-25-21(23-2)24-11-16-10-17(22)9-8-15(16)13-29(3,26)27/h4-10H,11-13H2,1-3H3,(H2,23,24,25). The maximum atomic E-state index is 13.7. The van der Waals surface area contributed by atoms with Gasteiger partial charge in [-0.25, -0.2) is 12.8 Å². The van der Waals surface area contributed by atoms with Crippen molar-refractivity contribution in [2.24, 2.45) is 4.99 Å². The van der Waals surface area contributed by atoms with Gasteiger partial charge in [-0.15, -0.1) is 0 Å². The number of aryl methyl sites for hydroxylation is 1. The molecule has 0 saturated heterocycles. The molecule has 2 N–H and O–H groups in total. The first-order valence-corrected chi connectivity index (χ1v) is 11.2. The van der Waals surface area contributed by atoms with E-state index in [2.05, 4.69) is 15.6 Å². The van der Waals surface area contributed by atoms with Crippen molar-refractivity contribution in [1.82, 2.24) is 10.6 Å². The quantitative estimate of drug-likeness (QED) is 0.475. The monoisotopic (exact) mass is 417 g/mol. The molecule has 1 aromatic heterocycles. The molecule has 0 fully saturated rings. The number of rotatable bonds is 6. The maximum absolute atomic E-state index is 13.7. The Balaban J connectivity index is 1.68. The number of hydrogen-bond acceptors (Lipinski definition) is 4. The lowest BCUT2D eigenvalue weighted by Gasteiger charge is -2.14. The lowest BCUT2D eigenvalue weighted by atomic mass is 10.1. The van der Waals surface area contributed by atoms with E-state index in [-0.39, 0.29) is 12.3 Å². The number of guanidine groups is 1. The number of nitrogens with zero attached hydrogens (tertiary/aromatic N) is 1. The summed E-state index contributed by atoms with van der Waals surface area (Å²) in [5.74, 6) is 0.742. The van der Waals surface area contributed by atoms with E-state index in [1.807, 2.05) is 31.2 Å². The van der Waals surface area contributed by atoms with Crippen molar-refractivity contribution in [3.05, 3.63) is 70.7 Å². The Morgan fingerprint density at radius 3 is 2.52 bits per heavy atom. The number of aliphatic imine (C=N–C) groups is 1. The molecule has 0 bridgehead atoms. The number of sulfone groups is 1. The van der Waals surface area contributed by atoms with Crippen LogP contribution in [0.4, 0.5) is 4.39 Å². The van der Waals surface area contributed by atoms with E-state index in [9.17, 15) is 12.8 Å². The Labute approximate surface area is 169 Å². The summed E-state index contributed by atoms with van der Waals surface area (Å²) in [7, 11) is -1.60. The van der Waals surface area contributed by atoms with Crippen LogP contribution in [-0.2, 0) is 28.7 Å². The molecule has 154 valence electrons. The average molecular weight is 418 g/mol. The fourth-order valence-electron chi connectivity index (χ4n) is 3.14. The van der Waals surface area contributed by atoms with Gasteiger partial charge >= 0.3 is 0 Å². The molecule has 0 amide bonds. The zero-order chi connectivity index (χ0) is 21.0. The summed E-state index contributed by atoms with van der Waals surface area (Å²) in [6.07, 6.45) is 1.16. The van der Waals surface area contributed by atoms with Crippen molar-refractivity contribution in [3.63, 3.8) is 0 Å². The zero-order valence-corrected chi connectivity index (χ0v) is 17.4. The molecule has 6 nitrogen and oxygen atoms in total. The van der Waals surface area contributed by atoms with E-state index in [0.29, 0.717) is 23.6 Å². The van der Waals surface area contributed by atoms with Crippen LogP contribution in [0.15, 0.2) is 51.9 Å². The predicted octanol–water partition coefficient (Wildman–Crippen LogP) is 3.29. The van der Waals surface area contributed by atoms with Gasteiger partial charge in [0, 0.05) is 30.8 Å². The molecular weight excluding hydrogens is 393 g/mol. The van der Waals surface area contributed by atoms with Crippen molar-refractivity contribution in [2.45, 2.75) is 25.8 Å². The van der Waals surface area contributed by atoms with Gasteiger partial charge in [-0.3, -0.25) is 4.99 Å². The van der Waals surface area contributed by atoms with Gasteiger partial charge in [-0.2, -0.15) is 0 Å². The van der Waals surface area contributed by atoms with E-state index in [1.165, 1.54) is 18.2 Å². The van der Waals surface area contributed by atoms with Crippen LogP contribution < -0.4 is 10.6 Å². The van der Waals surface area contributed by atoms with Gasteiger partial charge < -0.3 is 15.1 Å². The van der Waals surface area contributed by atoms with Crippen LogP contribution >= 0.6 is 0 Å². The second kappa shape index (κ2) is 8.65. The Bertz CT molecular complexity index is 1150. The number of nitrogens with one attached hydrogen (secondary N) is 2. The molecule has 0 aliphatic rings. The van der Waals surface area contributed by atoms with Gasteiger partial charge in [0.05, 0.1) is 12.3 Å². The van der Waals surface area contributed by atoms with E-state index >= 15 is 0 Å². The van der Waals surface area contributed by atoms with E-state index in [1.54, 1.807) is 7.05 Å². The summed E-state index contributed by atoms with van der Waals surface area (Å²) in [6.45, 7) is 2.67. The summed E-state index contributed by atoms with van der Waals surface area (Å²) < 4.78 is 42.8. The molecule has 0 atom stereocenters. The molecule has 1 heterocycles. The number of fused-ring (bicyclic) bond motifs is 1. The Morgan fingerprint density at radius 2 is 1.83 bits per heavy atom. The summed E-state index contributed by atoms with van der Waals surface area (Å²) in [4.78, 5) is 4.17. The molecule has 0 saturated carbocycles. The SMILES string of the molecule is CN=C(NCc1cc(F)ccc1CS(C)(=O)=O)NCc1oc2ccccc2c1C. The molecule has 29 heavy (non-hydrogen) atoms. The van der Waals surface area contributed by atoms with Gasteiger partial charge in [-0.05, 0) is 36.2 Å². The van der Waals surface area contributed by atoms with Crippen LogP contribution in [0.25, 0.3) is 11.0 Å². The minimum atomic E-state index is -3.23. The number of furan rings is 1. The summed E-state index contributed by atoms with van der Waals surface area (Å²) in [6, 6.07) is 11.9. The first kappa shape index (κ1) is 20.9. The largest absolute Gasteiger partial charge is 0.459 e. The van der Waals surface area contributed by atoms with Crippen LogP contribution in [0, 0.1) is 12.7 Å². The number of benzene rings is 2. The number of halogens is 1. The fraction of sp³-hybridized carbons (Fsp3) is 0.286. The predicted molar refractivity (Wildman–Crippen MR) is 113 cm³/mol. The normalized spacial score (nSPS) is 12.3. The first-order chi connectivity index (χ1) is 13.8. The van der Waals surface area contributed by atoms with E-state index in [4.69, 9.17) is 4.42 Å². The van der Waals surface area contributed by atoms with Gasteiger partial charge in [0.1, 0.15) is 17.2 Å². The number of para-hydroxylation sites is 1. The first-order valence-electron chi connectivity index (χ1n) is 9.13. The van der Waals surface area contributed by atoms with Gasteiger partial charge in [0.25, 0.3) is 0 Å². The van der Waals surface area contributed by atoms with Crippen LogP contribution in [0.2, 0.25) is 0 Å². The number of hydrogen-bond donors (Lipinski definition) is 2. The lowest BCUT2D eigenvalue weighted by Crippen LogP contribution is -2.36. The van der Waals surface area contributed by atoms with Crippen molar-refractivity contribution in [3.8, 4) is 0 Å². The zero-order valence-electron chi connectivity index (χ0n) is 16.6. The van der Waals surface area contributed by atoms with Gasteiger partial charge in [0.15, 0.2) is 15.8 Å². The lowest BCUT2D eigenvalue weighted by molar-refractivity contribution is 0.534. The van der Waals surface area contributed by atoms with Crippen molar-refractivity contribution >= 4 is 26.8 Å². The minimum absolute atomic E-state index is 0.144. The third kappa shape index (κ3) is 5.35. The Hall–Kier alpha value is -2.87.